The predicted molar refractivity (Wildman–Crippen MR) is 267 cm³/mol. The van der Waals surface area contributed by atoms with Crippen LogP contribution in [0.25, 0.3) is 0 Å². The minimum Gasteiger partial charge on any atom is -0.455 e. The second-order valence-electron chi connectivity index (χ2n) is 19.8. The van der Waals surface area contributed by atoms with Gasteiger partial charge in [0.1, 0.15) is 36.5 Å². The summed E-state index contributed by atoms with van der Waals surface area (Å²) in [7, 11) is 0. The number of hydrogen-bond acceptors (Lipinski definition) is 17. The Bertz CT molecular complexity index is 2720. The molecule has 20 heteroatoms. The van der Waals surface area contributed by atoms with Gasteiger partial charge in [0.15, 0.2) is 21.3 Å². The van der Waals surface area contributed by atoms with Gasteiger partial charge < -0.3 is 49.3 Å². The summed E-state index contributed by atoms with van der Waals surface area (Å²) in [5.74, 6) is -9.03. The van der Waals surface area contributed by atoms with Crippen LogP contribution in [0, 0.1) is 16.7 Å². The highest BCUT2D eigenvalue weighted by atomic mass is 127. The quantitative estimate of drug-likeness (QED) is 0.0475. The highest BCUT2D eigenvalue weighted by molar-refractivity contribution is 14.1. The van der Waals surface area contributed by atoms with Gasteiger partial charge >= 0.3 is 29.8 Å². The van der Waals surface area contributed by atoms with Crippen LogP contribution >= 0.6 is 22.6 Å². The maximum Gasteiger partial charge on any atom is 0.350 e. The van der Waals surface area contributed by atoms with E-state index in [1.165, 1.54) is 52.0 Å². The first-order valence-corrected chi connectivity index (χ1v) is 25.2. The zero-order valence-electron chi connectivity index (χ0n) is 41.6. The van der Waals surface area contributed by atoms with Crippen molar-refractivity contribution in [2.45, 2.75) is 128 Å². The Labute approximate surface area is 440 Å². The second kappa shape index (κ2) is 22.2. The summed E-state index contributed by atoms with van der Waals surface area (Å²) in [5.41, 5.74) is -7.79. The van der Waals surface area contributed by atoms with Crippen molar-refractivity contribution in [3.05, 3.63) is 119 Å². The van der Waals surface area contributed by atoms with Crippen molar-refractivity contribution in [2.24, 2.45) is 16.7 Å². The van der Waals surface area contributed by atoms with Gasteiger partial charge in [-0.25, -0.2) is 9.59 Å². The summed E-state index contributed by atoms with van der Waals surface area (Å²) >= 11 is 1.61. The minimum atomic E-state index is -2.51. The molecule has 74 heavy (non-hydrogen) atoms. The first-order valence-electron chi connectivity index (χ1n) is 24.1. The van der Waals surface area contributed by atoms with Crippen LogP contribution < -0.4 is 10.6 Å². The van der Waals surface area contributed by atoms with Gasteiger partial charge in [-0.1, -0.05) is 80.6 Å². The van der Waals surface area contributed by atoms with Gasteiger partial charge in [-0.15, -0.1) is 0 Å². The number of nitrogens with one attached hydrogen (secondary N) is 2. The number of fused-ring (bicyclic) bond motifs is 5. The highest BCUT2D eigenvalue weighted by Gasteiger charge is 2.78. The molecule has 2 saturated carbocycles. The summed E-state index contributed by atoms with van der Waals surface area (Å²) in [5, 5.41) is 31.4. The number of hydrogen-bond donors (Lipinski definition) is 4. The number of aliphatic hydroxyl groups is 2. The summed E-state index contributed by atoms with van der Waals surface area (Å²) in [6, 6.07) is 22.2. The monoisotopic (exact) mass is 1130 g/mol. The van der Waals surface area contributed by atoms with Crippen LogP contribution in [0.3, 0.4) is 0 Å². The molecule has 4 N–H and O–H groups in total. The van der Waals surface area contributed by atoms with E-state index in [1.807, 2.05) is 0 Å². The number of esters is 5. The molecule has 0 unspecified atom stereocenters. The largest absolute Gasteiger partial charge is 0.455 e. The molecule has 2 amide bonds. The van der Waals surface area contributed by atoms with Gasteiger partial charge in [0.05, 0.1) is 29.6 Å². The highest BCUT2D eigenvalue weighted by Crippen LogP contribution is 2.64. The number of halogens is 1. The van der Waals surface area contributed by atoms with Crippen molar-refractivity contribution < 1.29 is 81.8 Å². The fourth-order valence-electron chi connectivity index (χ4n) is 11.1. The van der Waals surface area contributed by atoms with E-state index >= 15 is 9.59 Å². The van der Waals surface area contributed by atoms with E-state index in [0.29, 0.717) is 0 Å². The van der Waals surface area contributed by atoms with E-state index in [2.05, 4.69) is 10.6 Å². The van der Waals surface area contributed by atoms with Gasteiger partial charge in [0.2, 0.25) is 12.0 Å². The normalized spacial score (nSPS) is 28.4. The maximum absolute atomic E-state index is 15.7. The van der Waals surface area contributed by atoms with Gasteiger partial charge in [-0.3, -0.25) is 33.6 Å². The zero-order valence-corrected chi connectivity index (χ0v) is 43.8. The molecule has 0 aromatic heterocycles. The smallest absolute Gasteiger partial charge is 0.350 e. The lowest BCUT2D eigenvalue weighted by atomic mass is 9.44. The Morgan fingerprint density at radius 3 is 2.00 bits per heavy atom. The van der Waals surface area contributed by atoms with E-state index in [1.54, 1.807) is 89.3 Å². The molecule has 394 valence electrons. The minimum absolute atomic E-state index is 0.0212. The number of ether oxygens (including phenoxy) is 6. The molecular formula is C54H59IN2O17. The molecule has 19 nitrogen and oxygen atoms in total. The standard InChI is InChI=1S/C54H59IN2O17/c1-29-35(71-50(67)44(72-40(63)27-56-39(62)24-16-23-38(55)61)42(32-17-10-7-11-18-32)57-48(65)33-19-12-8-13-20-33)26-54(68)47(73-49(66)34-21-14-9-15-22-34)45-52(6,36(60)25-37-53(45,28-69-37)74-31(3)59)46(64)43(70-30(2)58)41(29)51(54,4)5/h7-15,17-22,35-37,42-45,47,60,68H,16,23-28H2,1-6H3,(H,56,62)(H,57,65)/t35-,36-,37+,42-,43+,44+,45-,47-,52+,53-,54+/m0/s1. The van der Waals surface area contributed by atoms with E-state index < -0.39 is 131 Å². The molecular weight excluding hydrogens is 1080 g/mol. The van der Waals surface area contributed by atoms with Gasteiger partial charge in [0.25, 0.3) is 5.91 Å². The Balaban J connectivity index is 1.38. The molecule has 3 fully saturated rings. The molecule has 2 bridgehead atoms. The van der Waals surface area contributed by atoms with Crippen LogP contribution in [-0.2, 0) is 62.0 Å². The predicted octanol–water partition coefficient (Wildman–Crippen LogP) is 4.53. The van der Waals surface area contributed by atoms with Crippen molar-refractivity contribution in [3.63, 3.8) is 0 Å². The summed E-state index contributed by atoms with van der Waals surface area (Å²) in [6.07, 6.45) is -10.9. The van der Waals surface area contributed by atoms with Crippen LogP contribution in [0.15, 0.2) is 102 Å². The molecule has 0 radical (unpaired) electrons. The number of Topliss-reactive ketones (excluding diaryl/α,β-unsaturated/α-hetero) is 1. The van der Waals surface area contributed by atoms with Crippen LogP contribution in [0.4, 0.5) is 0 Å². The average Bonchev–Trinajstić information content (AvgIpc) is 3.35. The number of benzene rings is 3. The molecule has 11 atom stereocenters. The molecule has 1 heterocycles. The third-order valence-electron chi connectivity index (χ3n) is 14.9. The van der Waals surface area contributed by atoms with Gasteiger partial charge in [0, 0.05) is 50.5 Å². The number of carbonyl (C=O) groups excluding carboxylic acids is 9. The summed E-state index contributed by atoms with van der Waals surface area (Å²) in [6.45, 7) is 6.96. The number of aliphatic hydroxyl groups excluding tert-OH is 1. The van der Waals surface area contributed by atoms with Crippen LogP contribution in [-0.4, -0.2) is 122 Å². The average molecular weight is 1130 g/mol. The Hall–Kier alpha value is -6.36. The lowest BCUT2D eigenvalue weighted by Crippen LogP contribution is -2.82. The number of rotatable bonds is 17. The van der Waals surface area contributed by atoms with Crippen molar-refractivity contribution >= 4 is 73.8 Å². The Morgan fingerprint density at radius 1 is 0.824 bits per heavy atom. The van der Waals surface area contributed by atoms with E-state index in [0.717, 1.165) is 13.8 Å². The number of amides is 2. The summed E-state index contributed by atoms with van der Waals surface area (Å²) in [4.78, 5) is 124. The molecule has 1 saturated heterocycles. The van der Waals surface area contributed by atoms with Crippen LogP contribution in [0.1, 0.15) is 106 Å². The Kier molecular flexibility index (Phi) is 16.6. The first-order chi connectivity index (χ1) is 35.0. The van der Waals surface area contributed by atoms with E-state index in [-0.39, 0.29) is 63.9 Å². The van der Waals surface area contributed by atoms with Crippen LogP contribution in [0.5, 0.6) is 0 Å². The third-order valence-corrected chi connectivity index (χ3v) is 15.5. The van der Waals surface area contributed by atoms with Crippen LogP contribution in [0.2, 0.25) is 0 Å². The topological polar surface area (TPSA) is 274 Å². The molecule has 4 aliphatic rings. The zero-order chi connectivity index (χ0) is 53.9. The van der Waals surface area contributed by atoms with E-state index in [9.17, 15) is 43.8 Å². The SMILES string of the molecule is CC(=O)O[C@H]1C(=O)[C@@]2(C)[C@H]([C@H](OC(=O)c3ccccc3)[C@]3(O)C[C@H](OC(=O)[C@H](OC(=O)CNC(=O)CCCC(=O)I)[C@@H](NC(=O)c4ccccc4)c4ccccc4)C(C)=C1C3(C)C)[C@]1(OC(C)=O)CO[C@@H]1C[C@@H]2O. The van der Waals surface area contributed by atoms with Crippen molar-refractivity contribution in [1.82, 2.24) is 10.6 Å². The molecule has 3 aromatic rings. The van der Waals surface area contributed by atoms with Gasteiger partial charge in [-0.05, 0) is 83.8 Å². The molecule has 0 spiro atoms. The molecule has 7 rings (SSSR count). The van der Waals surface area contributed by atoms with Gasteiger partial charge in [-0.2, -0.15) is 0 Å². The fourth-order valence-corrected chi connectivity index (χ4v) is 11.5. The van der Waals surface area contributed by atoms with E-state index in [4.69, 9.17) is 28.4 Å². The molecule has 3 aromatic carbocycles. The number of carbonyl (C=O) groups is 9. The lowest BCUT2D eigenvalue weighted by molar-refractivity contribution is -0.346. The van der Waals surface area contributed by atoms with Crippen molar-refractivity contribution in [3.8, 4) is 0 Å². The third kappa shape index (κ3) is 10.8. The summed E-state index contributed by atoms with van der Waals surface area (Å²) < 4.78 is 36.5. The van der Waals surface area contributed by atoms with Crippen molar-refractivity contribution in [1.29, 1.82) is 0 Å². The second-order valence-corrected chi connectivity index (χ2v) is 21.0. The molecule has 1 aliphatic heterocycles. The molecule has 3 aliphatic carbocycles. The lowest BCUT2D eigenvalue weighted by Gasteiger charge is -2.67. The number of ketones is 1. The maximum atomic E-state index is 15.7. The first kappa shape index (κ1) is 55.4. The van der Waals surface area contributed by atoms with Crippen molar-refractivity contribution in [2.75, 3.05) is 13.2 Å². The fraction of sp³-hybridized carbons (Fsp3) is 0.463. The Morgan fingerprint density at radius 2 is 1.43 bits per heavy atom.